The zero-order valence-corrected chi connectivity index (χ0v) is 17.0. The van der Waals surface area contributed by atoms with E-state index in [1.807, 2.05) is 13.0 Å². The molecule has 2 aromatic carbocycles. The molecule has 1 N–H and O–H groups in total. The summed E-state index contributed by atoms with van der Waals surface area (Å²) in [6.07, 6.45) is 0. The molecule has 0 saturated heterocycles. The largest absolute Gasteiger partial charge is 0.496 e. The van der Waals surface area contributed by atoms with Gasteiger partial charge in [0.05, 0.1) is 18.3 Å². The van der Waals surface area contributed by atoms with Gasteiger partial charge >= 0.3 is 0 Å². The molecule has 4 rings (SSSR count). The van der Waals surface area contributed by atoms with Crippen LogP contribution < -0.4 is 15.5 Å². The van der Waals surface area contributed by atoms with Gasteiger partial charge in [-0.1, -0.05) is 12.1 Å². The predicted octanol–water partition coefficient (Wildman–Crippen LogP) is 3.94. The first kappa shape index (κ1) is 19.7. The minimum Gasteiger partial charge on any atom is -0.496 e. The van der Waals surface area contributed by atoms with Gasteiger partial charge in [0.15, 0.2) is 10.8 Å². The fourth-order valence-corrected chi connectivity index (χ4v) is 3.83. The molecule has 152 valence electrons. The number of amides is 1. The van der Waals surface area contributed by atoms with Crippen molar-refractivity contribution in [3.63, 3.8) is 0 Å². The molecule has 30 heavy (non-hydrogen) atoms. The van der Waals surface area contributed by atoms with Crippen LogP contribution in [-0.4, -0.2) is 27.8 Å². The number of nitrogens with one attached hydrogen (secondary N) is 1. The maximum Gasteiger partial charge on any atom is 0.281 e. The molecule has 0 atom stereocenters. The van der Waals surface area contributed by atoms with Gasteiger partial charge in [0.1, 0.15) is 11.6 Å². The van der Waals surface area contributed by atoms with E-state index in [1.165, 1.54) is 25.3 Å². The number of para-hydroxylation sites is 1. The zero-order valence-electron chi connectivity index (χ0n) is 16.2. The van der Waals surface area contributed by atoms with Gasteiger partial charge in [-0.25, -0.2) is 9.37 Å². The van der Waals surface area contributed by atoms with E-state index in [-0.39, 0.29) is 10.8 Å². The maximum absolute atomic E-state index is 13.7. The molecule has 0 aliphatic carbocycles. The fourth-order valence-electron chi connectivity index (χ4n) is 3.12. The number of hydrogen-bond acceptors (Lipinski definition) is 6. The number of nitrogens with zero attached hydrogens (tertiary/aromatic N) is 3. The molecule has 9 heteroatoms. The van der Waals surface area contributed by atoms with Crippen LogP contribution in [0.4, 0.5) is 9.52 Å². The lowest BCUT2D eigenvalue weighted by Crippen LogP contribution is -2.27. The molecule has 0 aliphatic heterocycles. The van der Waals surface area contributed by atoms with E-state index in [9.17, 15) is 14.0 Å². The van der Waals surface area contributed by atoms with Crippen LogP contribution in [0.15, 0.2) is 52.6 Å². The second-order valence-corrected chi connectivity index (χ2v) is 7.21. The topological polar surface area (TPSA) is 86.1 Å². The lowest BCUT2D eigenvalue weighted by molar-refractivity contribution is 0.101. The molecule has 2 heterocycles. The normalized spacial score (nSPS) is 10.9. The monoisotopic (exact) mass is 424 g/mol. The second kappa shape index (κ2) is 8.03. The van der Waals surface area contributed by atoms with Crippen LogP contribution in [0.25, 0.3) is 22.2 Å². The Bertz CT molecular complexity index is 1320. The molecule has 0 saturated carbocycles. The third kappa shape index (κ3) is 3.55. The lowest BCUT2D eigenvalue weighted by atomic mass is 10.1. The first-order valence-electron chi connectivity index (χ1n) is 9.12. The number of aryl methyl sites for hydroxylation is 1. The summed E-state index contributed by atoms with van der Waals surface area (Å²) in [5, 5.41) is 9.19. The van der Waals surface area contributed by atoms with Crippen molar-refractivity contribution >= 4 is 33.3 Å². The minimum absolute atomic E-state index is 0.212. The molecule has 0 spiro atoms. The average Bonchev–Trinajstić information content (AvgIpc) is 3.22. The molecule has 1 amide bonds. The van der Waals surface area contributed by atoms with Gasteiger partial charge in [0.2, 0.25) is 5.43 Å². The van der Waals surface area contributed by atoms with E-state index in [2.05, 4.69) is 15.4 Å². The zero-order chi connectivity index (χ0) is 21.3. The Morgan fingerprint density at radius 2 is 2.07 bits per heavy atom. The van der Waals surface area contributed by atoms with Crippen molar-refractivity contribution in [1.82, 2.24) is 14.8 Å². The van der Waals surface area contributed by atoms with Gasteiger partial charge in [-0.05, 0) is 37.3 Å². The summed E-state index contributed by atoms with van der Waals surface area (Å²) in [5.74, 6) is -0.619. The van der Waals surface area contributed by atoms with Gasteiger partial charge in [-0.3, -0.25) is 19.6 Å². The van der Waals surface area contributed by atoms with E-state index < -0.39 is 17.2 Å². The van der Waals surface area contributed by atoms with Crippen LogP contribution in [0.3, 0.4) is 0 Å². The molecule has 0 fully saturated rings. The van der Waals surface area contributed by atoms with E-state index in [0.29, 0.717) is 34.5 Å². The SMILES string of the molecule is CCn1nc(C(=O)Nc2nc(-c3cc(F)ccc3OC)cs2)c(=O)c2ccccc21. The number of rotatable bonds is 5. The Labute approximate surface area is 174 Å². The number of hydrogen-bond donors (Lipinski definition) is 1. The highest BCUT2D eigenvalue weighted by Crippen LogP contribution is 2.32. The molecule has 2 aromatic heterocycles. The first-order chi connectivity index (χ1) is 14.5. The number of ether oxygens (including phenoxy) is 1. The summed E-state index contributed by atoms with van der Waals surface area (Å²) in [5.41, 5.74) is 0.916. The number of thiazole rings is 1. The number of halogens is 1. The predicted molar refractivity (Wildman–Crippen MR) is 114 cm³/mol. The van der Waals surface area contributed by atoms with Crippen LogP contribution in [0.1, 0.15) is 17.4 Å². The van der Waals surface area contributed by atoms with E-state index in [4.69, 9.17) is 4.74 Å². The average molecular weight is 424 g/mol. The van der Waals surface area contributed by atoms with Crippen molar-refractivity contribution in [3.8, 4) is 17.0 Å². The molecular formula is C21H17FN4O3S. The van der Waals surface area contributed by atoms with Crippen molar-refractivity contribution in [2.75, 3.05) is 12.4 Å². The number of benzene rings is 2. The number of aromatic nitrogens is 3. The van der Waals surface area contributed by atoms with Gasteiger partial charge in [-0.15, -0.1) is 11.3 Å². The van der Waals surface area contributed by atoms with Gasteiger partial charge in [0.25, 0.3) is 5.91 Å². The molecule has 0 aliphatic rings. The highest BCUT2D eigenvalue weighted by atomic mass is 32.1. The highest BCUT2D eigenvalue weighted by molar-refractivity contribution is 7.14. The van der Waals surface area contributed by atoms with E-state index in [1.54, 1.807) is 28.3 Å². The summed E-state index contributed by atoms with van der Waals surface area (Å²) < 4.78 is 20.5. The third-order valence-corrected chi connectivity index (χ3v) is 5.30. The summed E-state index contributed by atoms with van der Waals surface area (Å²) >= 11 is 1.15. The van der Waals surface area contributed by atoms with Crippen molar-refractivity contribution < 1.29 is 13.9 Å². The number of carbonyl (C=O) groups excluding carboxylic acids is 1. The minimum atomic E-state index is -0.653. The molecule has 0 radical (unpaired) electrons. The van der Waals surface area contributed by atoms with E-state index in [0.717, 1.165) is 11.3 Å². The maximum atomic E-state index is 13.7. The lowest BCUT2D eigenvalue weighted by Gasteiger charge is -2.09. The summed E-state index contributed by atoms with van der Waals surface area (Å²) in [6.45, 7) is 2.38. The number of fused-ring (bicyclic) bond motifs is 1. The standard InChI is InChI=1S/C21H17FN4O3S/c1-3-26-16-7-5-4-6-13(16)19(27)18(25-26)20(28)24-21-23-15(11-30-21)14-10-12(22)8-9-17(14)29-2/h4-11H,3H2,1-2H3,(H,23,24,28). The second-order valence-electron chi connectivity index (χ2n) is 6.35. The third-order valence-electron chi connectivity index (χ3n) is 4.54. The summed E-state index contributed by atoms with van der Waals surface area (Å²) in [6, 6.07) is 11.1. The Morgan fingerprint density at radius 3 is 2.83 bits per heavy atom. The molecular weight excluding hydrogens is 407 g/mol. The van der Waals surface area contributed by atoms with Crippen LogP contribution >= 0.6 is 11.3 Å². The van der Waals surface area contributed by atoms with Crippen LogP contribution in [-0.2, 0) is 6.54 Å². The summed E-state index contributed by atoms with van der Waals surface area (Å²) in [7, 11) is 1.48. The molecule has 7 nitrogen and oxygen atoms in total. The molecule has 4 aromatic rings. The smallest absolute Gasteiger partial charge is 0.281 e. The van der Waals surface area contributed by atoms with Crippen molar-refractivity contribution in [3.05, 3.63) is 69.6 Å². The highest BCUT2D eigenvalue weighted by Gasteiger charge is 2.19. The Kier molecular flexibility index (Phi) is 5.28. The van der Waals surface area contributed by atoms with Gasteiger partial charge < -0.3 is 4.74 Å². The first-order valence-corrected chi connectivity index (χ1v) is 10.0. The van der Waals surface area contributed by atoms with Crippen LogP contribution in [0.5, 0.6) is 5.75 Å². The number of methoxy groups -OCH3 is 1. The van der Waals surface area contributed by atoms with Crippen molar-refractivity contribution in [2.24, 2.45) is 0 Å². The molecule has 0 unspecified atom stereocenters. The number of anilines is 1. The number of carbonyl (C=O) groups is 1. The Hall–Kier alpha value is -3.59. The van der Waals surface area contributed by atoms with Gasteiger partial charge in [0, 0.05) is 22.9 Å². The van der Waals surface area contributed by atoms with Gasteiger partial charge in [-0.2, -0.15) is 5.10 Å². The van der Waals surface area contributed by atoms with Crippen LogP contribution in [0.2, 0.25) is 0 Å². The molecule has 0 bridgehead atoms. The Morgan fingerprint density at radius 1 is 1.27 bits per heavy atom. The van der Waals surface area contributed by atoms with E-state index >= 15 is 0 Å². The van der Waals surface area contributed by atoms with Crippen LogP contribution in [0, 0.1) is 5.82 Å². The summed E-state index contributed by atoms with van der Waals surface area (Å²) in [4.78, 5) is 29.9. The van der Waals surface area contributed by atoms with Crippen molar-refractivity contribution in [1.29, 1.82) is 0 Å². The quantitative estimate of drug-likeness (QED) is 0.524. The fraction of sp³-hybridized carbons (Fsp3) is 0.143. The Balaban J connectivity index is 1.67. The van der Waals surface area contributed by atoms with Crippen molar-refractivity contribution in [2.45, 2.75) is 13.5 Å².